The summed E-state index contributed by atoms with van der Waals surface area (Å²) in [6, 6.07) is 6.89. The van der Waals surface area contributed by atoms with E-state index in [1.54, 1.807) is 17.6 Å². The molecule has 0 bridgehead atoms. The quantitative estimate of drug-likeness (QED) is 0.599. The number of amidine groups is 1. The van der Waals surface area contributed by atoms with Crippen LogP contribution < -0.4 is 5.43 Å². The van der Waals surface area contributed by atoms with Crippen molar-refractivity contribution < 1.29 is 19.5 Å². The second-order valence-electron chi connectivity index (χ2n) is 5.64. The minimum absolute atomic E-state index is 0.150. The summed E-state index contributed by atoms with van der Waals surface area (Å²) in [4.78, 5) is 36.6. The number of hydrazine groups is 1. The molecule has 10 heteroatoms. The minimum Gasteiger partial charge on any atom is -0.476 e. The summed E-state index contributed by atoms with van der Waals surface area (Å²) in [5.41, 5.74) is 3.97. The fourth-order valence-corrected chi connectivity index (χ4v) is 3.45. The van der Waals surface area contributed by atoms with Gasteiger partial charge >= 0.3 is 5.97 Å². The Balaban J connectivity index is 1.85. The van der Waals surface area contributed by atoms with Crippen LogP contribution in [0.2, 0.25) is 0 Å². The van der Waals surface area contributed by atoms with Crippen molar-refractivity contribution >= 4 is 39.8 Å². The normalized spacial score (nSPS) is 18.4. The number of aliphatic imine (C=N–C) groups is 1. The molecule has 2 N–H and O–H groups in total. The first-order valence-corrected chi connectivity index (χ1v) is 8.86. The van der Waals surface area contributed by atoms with Gasteiger partial charge in [-0.25, -0.2) is 14.8 Å². The Morgan fingerprint density at radius 3 is 2.89 bits per heavy atom. The van der Waals surface area contributed by atoms with Crippen LogP contribution in [-0.2, 0) is 14.4 Å². The van der Waals surface area contributed by atoms with Gasteiger partial charge in [0.05, 0.1) is 5.69 Å². The Labute approximate surface area is 159 Å². The number of carboxylic acid groups (broad SMARTS) is 1. The second-order valence-corrected chi connectivity index (χ2v) is 6.52. The number of amides is 1. The zero-order valence-electron chi connectivity index (χ0n) is 14.6. The van der Waals surface area contributed by atoms with Crippen molar-refractivity contribution in [1.29, 1.82) is 0 Å². The lowest BCUT2D eigenvalue weighted by molar-refractivity contribution is -0.132. The fourth-order valence-electron chi connectivity index (χ4n) is 2.66. The van der Waals surface area contributed by atoms with E-state index in [1.807, 2.05) is 18.2 Å². The van der Waals surface area contributed by atoms with Gasteiger partial charge in [0.25, 0.3) is 0 Å². The molecule has 27 heavy (non-hydrogen) atoms. The van der Waals surface area contributed by atoms with Crippen LogP contribution in [0.1, 0.15) is 30.6 Å². The SMILES string of the molecule is CON=C(C(=O)O)c1csc(N=C2CC(c3ccccn3)N(C(C)=O)N2)c1. The monoisotopic (exact) mass is 387 g/mol. The number of carbonyl (C=O) groups is 2. The van der Waals surface area contributed by atoms with Crippen molar-refractivity contribution in [3.63, 3.8) is 0 Å². The maximum atomic E-state index is 12.0. The molecule has 0 spiro atoms. The molecule has 0 aliphatic carbocycles. The number of nitrogens with zero attached hydrogens (tertiary/aromatic N) is 4. The maximum Gasteiger partial charge on any atom is 0.358 e. The topological polar surface area (TPSA) is 116 Å². The van der Waals surface area contributed by atoms with E-state index in [2.05, 4.69) is 25.4 Å². The van der Waals surface area contributed by atoms with Gasteiger partial charge in [-0.3, -0.25) is 15.2 Å². The molecule has 1 fully saturated rings. The predicted molar refractivity (Wildman–Crippen MR) is 99.8 cm³/mol. The molecule has 2 aromatic heterocycles. The highest BCUT2D eigenvalue weighted by atomic mass is 32.1. The Morgan fingerprint density at radius 1 is 1.44 bits per heavy atom. The van der Waals surface area contributed by atoms with Crippen molar-refractivity contribution in [2.24, 2.45) is 10.1 Å². The molecule has 1 aliphatic heterocycles. The molecule has 140 valence electrons. The third-order valence-electron chi connectivity index (χ3n) is 3.81. The highest BCUT2D eigenvalue weighted by molar-refractivity contribution is 7.14. The first kappa shape index (κ1) is 18.5. The smallest absolute Gasteiger partial charge is 0.358 e. The van der Waals surface area contributed by atoms with Gasteiger partial charge in [-0.1, -0.05) is 11.2 Å². The summed E-state index contributed by atoms with van der Waals surface area (Å²) in [7, 11) is 1.28. The Bertz CT molecular complexity index is 909. The van der Waals surface area contributed by atoms with Gasteiger partial charge < -0.3 is 9.94 Å². The van der Waals surface area contributed by atoms with Crippen LogP contribution in [0.3, 0.4) is 0 Å². The lowest BCUT2D eigenvalue weighted by atomic mass is 10.1. The number of aliphatic carboxylic acids is 1. The first-order chi connectivity index (χ1) is 13.0. The number of carboxylic acids is 1. The standard InChI is InChI=1S/C17H17N5O4S/c1-10(23)22-13(12-5-3-4-6-18-12)8-14(20-22)19-15-7-11(9-27-15)16(17(24)25)21-26-2/h3-7,9,13H,8H2,1-2H3,(H,19,20)(H,24,25). The van der Waals surface area contributed by atoms with Crippen LogP contribution in [0.15, 0.2) is 46.0 Å². The molecule has 9 nitrogen and oxygen atoms in total. The van der Waals surface area contributed by atoms with Crippen LogP contribution in [0.5, 0.6) is 0 Å². The van der Waals surface area contributed by atoms with Crippen molar-refractivity contribution in [2.45, 2.75) is 19.4 Å². The van der Waals surface area contributed by atoms with Crippen LogP contribution in [0, 0.1) is 0 Å². The molecule has 3 heterocycles. The van der Waals surface area contributed by atoms with Crippen molar-refractivity contribution in [2.75, 3.05) is 7.11 Å². The fraction of sp³-hybridized carbons (Fsp3) is 0.235. The number of hydrogen-bond donors (Lipinski definition) is 2. The molecule has 1 aliphatic rings. The third kappa shape index (κ3) is 4.11. The Hall–Kier alpha value is -3.27. The lowest BCUT2D eigenvalue weighted by Crippen LogP contribution is -2.38. The van der Waals surface area contributed by atoms with Crippen LogP contribution in [0.25, 0.3) is 0 Å². The third-order valence-corrected chi connectivity index (χ3v) is 4.63. The number of thiophene rings is 1. The summed E-state index contributed by atoms with van der Waals surface area (Å²) in [5.74, 6) is -0.747. The highest BCUT2D eigenvalue weighted by Gasteiger charge is 2.33. The summed E-state index contributed by atoms with van der Waals surface area (Å²) in [6.45, 7) is 1.47. The van der Waals surface area contributed by atoms with E-state index in [9.17, 15) is 14.7 Å². The second kappa shape index (κ2) is 7.96. The van der Waals surface area contributed by atoms with Crippen molar-refractivity contribution in [3.05, 3.63) is 47.1 Å². The number of rotatable bonds is 5. The summed E-state index contributed by atoms with van der Waals surface area (Å²) in [5, 5.41) is 16.4. The number of oxime groups is 1. The summed E-state index contributed by atoms with van der Waals surface area (Å²) >= 11 is 1.27. The van der Waals surface area contributed by atoms with E-state index in [-0.39, 0.29) is 17.7 Å². The first-order valence-electron chi connectivity index (χ1n) is 7.98. The summed E-state index contributed by atoms with van der Waals surface area (Å²) < 4.78 is 0. The highest BCUT2D eigenvalue weighted by Crippen LogP contribution is 2.30. The molecule has 0 saturated carbocycles. The molecule has 0 aromatic carbocycles. The number of carbonyl (C=O) groups excluding carboxylic acids is 1. The van der Waals surface area contributed by atoms with Gasteiger partial charge in [-0.2, -0.15) is 0 Å². The Kier molecular flexibility index (Phi) is 5.46. The maximum absolute atomic E-state index is 12.0. The van der Waals surface area contributed by atoms with Crippen molar-refractivity contribution in [3.8, 4) is 0 Å². The molecule has 1 unspecified atom stereocenters. The van der Waals surface area contributed by atoms with E-state index in [4.69, 9.17) is 0 Å². The predicted octanol–water partition coefficient (Wildman–Crippen LogP) is 2.11. The zero-order valence-corrected chi connectivity index (χ0v) is 15.4. The zero-order chi connectivity index (χ0) is 19.4. The van der Waals surface area contributed by atoms with E-state index in [0.29, 0.717) is 22.8 Å². The Morgan fingerprint density at radius 2 is 2.26 bits per heavy atom. The molecule has 1 amide bonds. The van der Waals surface area contributed by atoms with Gasteiger partial charge in [0.1, 0.15) is 24.0 Å². The van der Waals surface area contributed by atoms with Gasteiger partial charge in [-0.05, 0) is 18.2 Å². The average Bonchev–Trinajstić information content (AvgIpc) is 3.28. The van der Waals surface area contributed by atoms with Gasteiger partial charge in [-0.15, -0.1) is 11.3 Å². The molecule has 0 radical (unpaired) electrons. The number of hydrogen-bond acceptors (Lipinski definition) is 7. The largest absolute Gasteiger partial charge is 0.476 e. The molecular formula is C17H17N5O4S. The van der Waals surface area contributed by atoms with Crippen LogP contribution in [-0.4, -0.2) is 45.6 Å². The van der Waals surface area contributed by atoms with E-state index >= 15 is 0 Å². The number of aromatic nitrogens is 1. The average molecular weight is 387 g/mol. The van der Waals surface area contributed by atoms with E-state index in [1.165, 1.54) is 30.4 Å². The van der Waals surface area contributed by atoms with Gasteiger partial charge in [0.15, 0.2) is 5.71 Å². The van der Waals surface area contributed by atoms with Crippen molar-refractivity contribution in [1.82, 2.24) is 15.4 Å². The van der Waals surface area contributed by atoms with Gasteiger partial charge in [0.2, 0.25) is 5.91 Å². The molecule has 1 saturated heterocycles. The minimum atomic E-state index is -1.19. The molecular weight excluding hydrogens is 370 g/mol. The molecule has 3 rings (SSSR count). The number of nitrogens with one attached hydrogen (secondary N) is 1. The van der Waals surface area contributed by atoms with Gasteiger partial charge in [0, 0.05) is 30.5 Å². The van der Waals surface area contributed by atoms with Crippen LogP contribution >= 0.6 is 11.3 Å². The number of pyridine rings is 1. The lowest BCUT2D eigenvalue weighted by Gasteiger charge is -2.21. The van der Waals surface area contributed by atoms with E-state index in [0.717, 1.165) is 5.69 Å². The molecule has 2 aromatic rings. The van der Waals surface area contributed by atoms with Crippen LogP contribution in [0.4, 0.5) is 5.00 Å². The van der Waals surface area contributed by atoms with E-state index < -0.39 is 5.97 Å². The summed E-state index contributed by atoms with van der Waals surface area (Å²) in [6.07, 6.45) is 2.15. The molecule has 1 atom stereocenters.